The number of guanidine groups is 1. The summed E-state index contributed by atoms with van der Waals surface area (Å²) in [5.74, 6) is 0.888. The third-order valence-electron chi connectivity index (χ3n) is 4.70. The Morgan fingerprint density at radius 3 is 2.24 bits per heavy atom. The highest BCUT2D eigenvalue weighted by atomic mass is 127. The van der Waals surface area contributed by atoms with Gasteiger partial charge in [0.05, 0.1) is 0 Å². The van der Waals surface area contributed by atoms with Gasteiger partial charge in [0.1, 0.15) is 0 Å². The Labute approximate surface area is 192 Å². The number of carbonyl (C=O) groups is 1. The molecule has 0 aliphatic rings. The van der Waals surface area contributed by atoms with E-state index in [9.17, 15) is 4.79 Å². The number of amides is 1. The zero-order chi connectivity index (χ0) is 20.5. The van der Waals surface area contributed by atoms with Crippen LogP contribution in [-0.4, -0.2) is 56.4 Å². The van der Waals surface area contributed by atoms with Gasteiger partial charge >= 0.3 is 0 Å². The van der Waals surface area contributed by atoms with E-state index in [0.29, 0.717) is 0 Å². The minimum absolute atomic E-state index is 0. The molecule has 2 aromatic rings. The summed E-state index contributed by atoms with van der Waals surface area (Å²) >= 11 is 0. The van der Waals surface area contributed by atoms with Crippen molar-refractivity contribution in [2.75, 3.05) is 34.7 Å². The first-order valence-electron chi connectivity index (χ1n) is 9.74. The van der Waals surface area contributed by atoms with E-state index in [-0.39, 0.29) is 29.9 Å². The second-order valence-corrected chi connectivity index (χ2v) is 7.15. The molecule has 1 amide bonds. The number of nitrogens with one attached hydrogen (secondary N) is 1. The normalized spacial score (nSPS) is 10.9. The molecule has 5 nitrogen and oxygen atoms in total. The van der Waals surface area contributed by atoms with Crippen molar-refractivity contribution in [3.8, 4) is 0 Å². The Balaban J connectivity index is 0.00000420. The predicted octanol–water partition coefficient (Wildman–Crippen LogP) is 3.82. The number of benzene rings is 2. The lowest BCUT2D eigenvalue weighted by atomic mass is 10.1. The van der Waals surface area contributed by atoms with Crippen LogP contribution in [0.2, 0.25) is 0 Å². The highest BCUT2D eigenvalue weighted by Gasteiger charge is 2.09. The minimum Gasteiger partial charge on any atom is -0.356 e. The highest BCUT2D eigenvalue weighted by molar-refractivity contribution is 14.0. The van der Waals surface area contributed by atoms with E-state index in [2.05, 4.69) is 52.5 Å². The van der Waals surface area contributed by atoms with Crippen molar-refractivity contribution in [2.45, 2.75) is 26.3 Å². The minimum atomic E-state index is 0. The molecule has 0 heterocycles. The van der Waals surface area contributed by atoms with Crippen molar-refractivity contribution < 1.29 is 4.79 Å². The van der Waals surface area contributed by atoms with Gasteiger partial charge < -0.3 is 15.1 Å². The summed E-state index contributed by atoms with van der Waals surface area (Å²) in [5.41, 5.74) is 4.47. The molecule has 1 N–H and O–H groups in total. The topological polar surface area (TPSA) is 47.9 Å². The molecule has 158 valence electrons. The van der Waals surface area contributed by atoms with Gasteiger partial charge in [-0.3, -0.25) is 9.79 Å². The second-order valence-electron chi connectivity index (χ2n) is 7.15. The Morgan fingerprint density at radius 2 is 1.66 bits per heavy atom. The van der Waals surface area contributed by atoms with Crippen LogP contribution in [0.1, 0.15) is 34.0 Å². The summed E-state index contributed by atoms with van der Waals surface area (Å²) in [6, 6.07) is 16.5. The molecule has 0 atom stereocenters. The summed E-state index contributed by atoms with van der Waals surface area (Å²) < 4.78 is 0. The molecule has 0 aliphatic carbocycles. The van der Waals surface area contributed by atoms with Crippen molar-refractivity contribution in [3.63, 3.8) is 0 Å². The number of nitrogens with zero attached hydrogens (tertiary/aromatic N) is 3. The van der Waals surface area contributed by atoms with Crippen LogP contribution < -0.4 is 5.32 Å². The van der Waals surface area contributed by atoms with Gasteiger partial charge in [-0.2, -0.15) is 0 Å². The van der Waals surface area contributed by atoms with E-state index in [4.69, 9.17) is 0 Å². The first-order valence-corrected chi connectivity index (χ1v) is 9.74. The molecule has 0 spiro atoms. The number of carbonyl (C=O) groups excluding carboxylic acids is 1. The largest absolute Gasteiger partial charge is 0.356 e. The highest BCUT2D eigenvalue weighted by Crippen LogP contribution is 2.09. The number of aryl methyl sites for hydroxylation is 1. The quantitative estimate of drug-likeness (QED) is 0.352. The average Bonchev–Trinajstić information content (AvgIpc) is 2.71. The molecule has 0 aromatic heterocycles. The van der Waals surface area contributed by atoms with Gasteiger partial charge in [-0.25, -0.2) is 0 Å². The van der Waals surface area contributed by atoms with Crippen LogP contribution in [0.4, 0.5) is 0 Å². The predicted molar refractivity (Wildman–Crippen MR) is 132 cm³/mol. The van der Waals surface area contributed by atoms with Gasteiger partial charge in [-0.05, 0) is 41.7 Å². The van der Waals surface area contributed by atoms with E-state index in [1.807, 2.05) is 25.2 Å². The molecular formula is C23H33IN4O. The summed E-state index contributed by atoms with van der Waals surface area (Å²) in [5, 5.41) is 3.41. The van der Waals surface area contributed by atoms with Crippen LogP contribution in [0.5, 0.6) is 0 Å². The molecule has 2 rings (SSSR count). The van der Waals surface area contributed by atoms with Crippen LogP contribution in [0.25, 0.3) is 0 Å². The van der Waals surface area contributed by atoms with Crippen LogP contribution in [0.15, 0.2) is 53.5 Å². The van der Waals surface area contributed by atoms with E-state index in [1.165, 1.54) is 11.1 Å². The number of hydrogen-bond acceptors (Lipinski definition) is 2. The smallest absolute Gasteiger partial charge is 0.253 e. The first kappa shape index (κ1) is 24.9. The zero-order valence-electron chi connectivity index (χ0n) is 18.1. The molecule has 6 heteroatoms. The van der Waals surface area contributed by atoms with Gasteiger partial charge in [0.2, 0.25) is 0 Å². The molecule has 0 saturated heterocycles. The van der Waals surface area contributed by atoms with Crippen molar-refractivity contribution in [3.05, 3.63) is 70.8 Å². The standard InChI is InChI=1S/C23H32N4O.HI/c1-6-18-10-12-20(13-11-18)17-27(5)23(24-2)25-15-14-19-8-7-9-21(16-19)22(28)26(3)4;/h7-13,16H,6,14-15,17H2,1-5H3,(H,24,25);1H. The third-order valence-corrected chi connectivity index (χ3v) is 4.70. The van der Waals surface area contributed by atoms with Crippen molar-refractivity contribution in [1.29, 1.82) is 0 Å². The molecule has 0 radical (unpaired) electrons. The number of aliphatic imine (C=N–C) groups is 1. The van der Waals surface area contributed by atoms with Crippen LogP contribution >= 0.6 is 24.0 Å². The number of hydrogen-bond donors (Lipinski definition) is 1. The molecule has 0 bridgehead atoms. The Morgan fingerprint density at radius 1 is 1.00 bits per heavy atom. The average molecular weight is 508 g/mol. The van der Waals surface area contributed by atoms with Crippen LogP contribution in [-0.2, 0) is 19.4 Å². The third kappa shape index (κ3) is 7.68. The maximum absolute atomic E-state index is 12.1. The monoisotopic (exact) mass is 508 g/mol. The molecule has 0 fully saturated rings. The first-order chi connectivity index (χ1) is 13.4. The fourth-order valence-electron chi connectivity index (χ4n) is 3.05. The lowest BCUT2D eigenvalue weighted by molar-refractivity contribution is 0.0827. The molecule has 2 aromatic carbocycles. The molecule has 0 unspecified atom stereocenters. The van der Waals surface area contributed by atoms with E-state index in [1.54, 1.807) is 26.0 Å². The summed E-state index contributed by atoms with van der Waals surface area (Å²) in [4.78, 5) is 20.2. The SMILES string of the molecule is CCc1ccc(CN(C)C(=NC)NCCc2cccc(C(=O)N(C)C)c2)cc1.I. The second kappa shape index (κ2) is 12.5. The lowest BCUT2D eigenvalue weighted by Gasteiger charge is -2.22. The van der Waals surface area contributed by atoms with E-state index in [0.717, 1.165) is 43.0 Å². The maximum atomic E-state index is 12.1. The van der Waals surface area contributed by atoms with Crippen molar-refractivity contribution >= 4 is 35.8 Å². The molecular weight excluding hydrogens is 475 g/mol. The van der Waals surface area contributed by atoms with Gasteiger partial charge in [0, 0.05) is 46.8 Å². The fraction of sp³-hybridized carbons (Fsp3) is 0.391. The number of halogens is 1. The maximum Gasteiger partial charge on any atom is 0.253 e. The van der Waals surface area contributed by atoms with Gasteiger partial charge in [-0.15, -0.1) is 24.0 Å². The summed E-state index contributed by atoms with van der Waals surface area (Å²) in [7, 11) is 7.38. The Bertz CT molecular complexity index is 803. The lowest BCUT2D eigenvalue weighted by Crippen LogP contribution is -2.39. The molecule has 0 aliphatic heterocycles. The van der Waals surface area contributed by atoms with Crippen LogP contribution in [0.3, 0.4) is 0 Å². The van der Waals surface area contributed by atoms with Gasteiger partial charge in [0.25, 0.3) is 5.91 Å². The zero-order valence-corrected chi connectivity index (χ0v) is 20.4. The molecule has 0 saturated carbocycles. The summed E-state index contributed by atoms with van der Waals surface area (Å²) in [6.45, 7) is 3.72. The summed E-state index contributed by atoms with van der Waals surface area (Å²) in [6.07, 6.45) is 1.88. The van der Waals surface area contributed by atoms with Crippen molar-refractivity contribution in [1.82, 2.24) is 15.1 Å². The molecule has 29 heavy (non-hydrogen) atoms. The van der Waals surface area contributed by atoms with Crippen molar-refractivity contribution in [2.24, 2.45) is 4.99 Å². The Kier molecular flexibility index (Phi) is 10.7. The fourth-order valence-corrected chi connectivity index (χ4v) is 3.05. The van der Waals surface area contributed by atoms with E-state index < -0.39 is 0 Å². The van der Waals surface area contributed by atoms with Crippen LogP contribution in [0, 0.1) is 0 Å². The Hall–Kier alpha value is -2.09. The number of rotatable bonds is 7. The van der Waals surface area contributed by atoms with E-state index >= 15 is 0 Å². The van der Waals surface area contributed by atoms with Gasteiger partial charge in [0.15, 0.2) is 5.96 Å². The van der Waals surface area contributed by atoms with Gasteiger partial charge in [-0.1, -0.05) is 43.3 Å².